The monoisotopic (exact) mass is 317 g/mol. The first-order valence-electron chi connectivity index (χ1n) is 6.98. The number of alkyl halides is 1. The predicted octanol–water partition coefficient (Wildman–Crippen LogP) is 3.15. The zero-order valence-corrected chi connectivity index (χ0v) is 12.2. The maximum atomic E-state index is 13.8. The number of benzene rings is 2. The van der Waals surface area contributed by atoms with Crippen molar-refractivity contribution in [3.8, 4) is 0 Å². The highest BCUT2D eigenvalue weighted by Crippen LogP contribution is 2.08. The van der Waals surface area contributed by atoms with E-state index in [0.29, 0.717) is 5.56 Å². The lowest BCUT2D eigenvalue weighted by Crippen LogP contribution is -2.33. The van der Waals surface area contributed by atoms with E-state index in [-0.39, 0.29) is 18.6 Å². The van der Waals surface area contributed by atoms with Gasteiger partial charge in [-0.2, -0.15) is 0 Å². The van der Waals surface area contributed by atoms with Gasteiger partial charge in [-0.05, 0) is 23.3 Å². The highest BCUT2D eigenvalue weighted by molar-refractivity contribution is 5.87. The number of aromatic carboxylic acids is 1. The Morgan fingerprint density at radius 1 is 1.04 bits per heavy atom. The summed E-state index contributed by atoms with van der Waals surface area (Å²) >= 11 is 0. The Balaban J connectivity index is 1.78. The fourth-order valence-corrected chi connectivity index (χ4v) is 1.93. The maximum absolute atomic E-state index is 13.8. The number of carboxylic acids is 1. The minimum absolute atomic E-state index is 0.0622. The highest BCUT2D eigenvalue weighted by atomic mass is 19.1. The average molecular weight is 317 g/mol. The Labute approximate surface area is 132 Å². The number of ether oxygens (including phenoxy) is 1. The minimum atomic E-state index is -1.62. The van der Waals surface area contributed by atoms with Crippen molar-refractivity contribution in [2.45, 2.75) is 19.3 Å². The second-order valence-electron chi connectivity index (χ2n) is 4.88. The van der Waals surface area contributed by atoms with Crippen molar-refractivity contribution >= 4 is 12.1 Å². The molecule has 0 aliphatic heterocycles. The standard InChI is InChI=1S/C17H16FNO4/c18-15(10-12-6-8-14(9-7-12)16(20)21)19-17(22)23-11-13-4-2-1-3-5-13/h1-9,15H,10-11H2,(H,19,22)(H,20,21)/t15-/m1/s1. The van der Waals surface area contributed by atoms with E-state index in [1.54, 1.807) is 12.1 Å². The molecule has 5 nitrogen and oxygen atoms in total. The number of hydrogen-bond acceptors (Lipinski definition) is 3. The molecule has 0 aliphatic rings. The quantitative estimate of drug-likeness (QED) is 0.803. The molecule has 23 heavy (non-hydrogen) atoms. The zero-order chi connectivity index (χ0) is 16.7. The van der Waals surface area contributed by atoms with Crippen LogP contribution >= 0.6 is 0 Å². The van der Waals surface area contributed by atoms with Crippen LogP contribution in [0.15, 0.2) is 54.6 Å². The number of carbonyl (C=O) groups excluding carboxylic acids is 1. The van der Waals surface area contributed by atoms with Gasteiger partial charge in [-0.15, -0.1) is 0 Å². The second-order valence-corrected chi connectivity index (χ2v) is 4.88. The molecule has 0 heterocycles. The summed E-state index contributed by atoms with van der Waals surface area (Å²) in [5.74, 6) is -1.05. The molecule has 0 spiro atoms. The summed E-state index contributed by atoms with van der Waals surface area (Å²) in [4.78, 5) is 22.2. The lowest BCUT2D eigenvalue weighted by atomic mass is 10.1. The maximum Gasteiger partial charge on any atom is 0.409 e. The molecular formula is C17H16FNO4. The van der Waals surface area contributed by atoms with Crippen molar-refractivity contribution in [1.29, 1.82) is 0 Å². The first-order chi connectivity index (χ1) is 11.0. The van der Waals surface area contributed by atoms with Crippen LogP contribution in [-0.4, -0.2) is 23.5 Å². The normalized spacial score (nSPS) is 11.5. The molecule has 2 aromatic carbocycles. The van der Waals surface area contributed by atoms with Crippen LogP contribution in [0.1, 0.15) is 21.5 Å². The fourth-order valence-electron chi connectivity index (χ4n) is 1.93. The molecule has 0 bridgehead atoms. The van der Waals surface area contributed by atoms with Crippen LogP contribution in [0.25, 0.3) is 0 Å². The molecule has 0 radical (unpaired) electrons. The zero-order valence-electron chi connectivity index (χ0n) is 12.2. The van der Waals surface area contributed by atoms with Crippen molar-refractivity contribution < 1.29 is 23.8 Å². The van der Waals surface area contributed by atoms with E-state index in [2.05, 4.69) is 5.32 Å². The third kappa shape index (κ3) is 5.43. The number of carboxylic acid groups (broad SMARTS) is 1. The van der Waals surface area contributed by atoms with Crippen LogP contribution < -0.4 is 5.32 Å². The molecule has 0 aliphatic carbocycles. The summed E-state index contributed by atoms with van der Waals surface area (Å²) in [5, 5.41) is 10.9. The summed E-state index contributed by atoms with van der Waals surface area (Å²) in [6.07, 6.45) is -2.53. The molecule has 0 saturated heterocycles. The number of amides is 1. The van der Waals surface area contributed by atoms with E-state index in [9.17, 15) is 14.0 Å². The fraction of sp³-hybridized carbons (Fsp3) is 0.176. The Bertz CT molecular complexity index is 658. The summed E-state index contributed by atoms with van der Waals surface area (Å²) in [6.45, 7) is 0.0622. The molecule has 6 heteroatoms. The molecule has 2 N–H and O–H groups in total. The highest BCUT2D eigenvalue weighted by Gasteiger charge is 2.13. The van der Waals surface area contributed by atoms with Gasteiger partial charge in [0.25, 0.3) is 0 Å². The number of rotatable bonds is 6. The van der Waals surface area contributed by atoms with Crippen molar-refractivity contribution in [2.24, 2.45) is 0 Å². The summed E-state index contributed by atoms with van der Waals surface area (Å²) in [5.41, 5.74) is 1.51. The molecule has 2 aromatic rings. The van der Waals surface area contributed by atoms with E-state index in [4.69, 9.17) is 9.84 Å². The number of hydrogen-bond donors (Lipinski definition) is 2. The Kier molecular flexibility index (Phi) is 5.68. The third-order valence-corrected chi connectivity index (χ3v) is 3.10. The van der Waals surface area contributed by atoms with Crippen LogP contribution in [0.5, 0.6) is 0 Å². The summed E-state index contributed by atoms with van der Waals surface area (Å²) in [6, 6.07) is 14.9. The van der Waals surface area contributed by atoms with Crippen molar-refractivity contribution in [2.75, 3.05) is 0 Å². The molecule has 120 valence electrons. The number of carbonyl (C=O) groups is 2. The van der Waals surface area contributed by atoms with Gasteiger partial charge in [-0.25, -0.2) is 14.0 Å². The Morgan fingerprint density at radius 2 is 1.70 bits per heavy atom. The van der Waals surface area contributed by atoms with E-state index in [0.717, 1.165) is 5.56 Å². The molecule has 1 atom stereocenters. The first kappa shape index (κ1) is 16.5. The van der Waals surface area contributed by atoms with Gasteiger partial charge in [0.2, 0.25) is 0 Å². The van der Waals surface area contributed by atoms with Gasteiger partial charge in [-0.1, -0.05) is 42.5 Å². The van der Waals surface area contributed by atoms with Gasteiger partial charge >= 0.3 is 12.1 Å². The van der Waals surface area contributed by atoms with Gasteiger partial charge in [0.15, 0.2) is 6.30 Å². The predicted molar refractivity (Wildman–Crippen MR) is 81.8 cm³/mol. The largest absolute Gasteiger partial charge is 0.478 e. The van der Waals surface area contributed by atoms with Gasteiger partial charge < -0.3 is 9.84 Å². The van der Waals surface area contributed by atoms with Crippen LogP contribution in [0.3, 0.4) is 0 Å². The first-order valence-corrected chi connectivity index (χ1v) is 6.98. The second kappa shape index (κ2) is 7.93. The van der Waals surface area contributed by atoms with E-state index >= 15 is 0 Å². The average Bonchev–Trinajstić information content (AvgIpc) is 2.54. The van der Waals surface area contributed by atoms with Crippen molar-refractivity contribution in [1.82, 2.24) is 5.32 Å². The SMILES string of the molecule is O=C(N[C@@H](F)Cc1ccc(C(=O)O)cc1)OCc1ccccc1. The van der Waals surface area contributed by atoms with Crippen LogP contribution in [0, 0.1) is 0 Å². The molecule has 0 unspecified atom stereocenters. The summed E-state index contributed by atoms with van der Waals surface area (Å²) < 4.78 is 18.7. The Morgan fingerprint density at radius 3 is 2.30 bits per heavy atom. The smallest absolute Gasteiger partial charge is 0.409 e. The third-order valence-electron chi connectivity index (χ3n) is 3.10. The molecule has 0 fully saturated rings. The van der Waals surface area contributed by atoms with E-state index < -0.39 is 18.4 Å². The van der Waals surface area contributed by atoms with Crippen LogP contribution in [-0.2, 0) is 17.8 Å². The minimum Gasteiger partial charge on any atom is -0.478 e. The Hall–Kier alpha value is -2.89. The molecule has 2 rings (SSSR count). The van der Waals surface area contributed by atoms with Crippen molar-refractivity contribution in [3.63, 3.8) is 0 Å². The van der Waals surface area contributed by atoms with Gasteiger partial charge in [-0.3, -0.25) is 5.32 Å². The van der Waals surface area contributed by atoms with Gasteiger partial charge in [0, 0.05) is 6.42 Å². The molecular weight excluding hydrogens is 301 g/mol. The number of alkyl carbamates (subject to hydrolysis) is 1. The topological polar surface area (TPSA) is 75.6 Å². The number of halogens is 1. The molecule has 0 saturated carbocycles. The van der Waals surface area contributed by atoms with Gasteiger partial charge in [0.1, 0.15) is 6.61 Å². The van der Waals surface area contributed by atoms with Crippen LogP contribution in [0.2, 0.25) is 0 Å². The van der Waals surface area contributed by atoms with Crippen LogP contribution in [0.4, 0.5) is 9.18 Å². The molecule has 1 amide bonds. The summed E-state index contributed by atoms with van der Waals surface area (Å²) in [7, 11) is 0. The van der Waals surface area contributed by atoms with E-state index in [1.807, 2.05) is 18.2 Å². The van der Waals surface area contributed by atoms with Gasteiger partial charge in [0.05, 0.1) is 5.56 Å². The lowest BCUT2D eigenvalue weighted by Gasteiger charge is -2.11. The molecule has 0 aromatic heterocycles. The van der Waals surface area contributed by atoms with E-state index in [1.165, 1.54) is 24.3 Å². The van der Waals surface area contributed by atoms with Crippen molar-refractivity contribution in [3.05, 3.63) is 71.3 Å². The number of nitrogens with one attached hydrogen (secondary N) is 1. The lowest BCUT2D eigenvalue weighted by molar-refractivity contribution is 0.0696.